The lowest BCUT2D eigenvalue weighted by molar-refractivity contribution is -0.133. The molecule has 1 rings (SSSR count). The Bertz CT molecular complexity index is 221. The van der Waals surface area contributed by atoms with Gasteiger partial charge in [0, 0.05) is 5.54 Å². The molecule has 88 valence electrons. The zero-order valence-corrected chi connectivity index (χ0v) is 10.4. The summed E-state index contributed by atoms with van der Waals surface area (Å²) in [5, 5.41) is 3.09. The van der Waals surface area contributed by atoms with E-state index >= 15 is 0 Å². The molecule has 15 heavy (non-hydrogen) atoms. The van der Waals surface area contributed by atoms with Gasteiger partial charge in [-0.15, -0.1) is 0 Å². The Kier molecular flexibility index (Phi) is 3.77. The first kappa shape index (κ1) is 12.5. The monoisotopic (exact) mass is 213 g/mol. The molecule has 1 amide bonds. The summed E-state index contributed by atoms with van der Waals surface area (Å²) < 4.78 is 5.44. The van der Waals surface area contributed by atoms with Crippen LogP contribution in [0.4, 0.5) is 0 Å². The lowest BCUT2D eigenvalue weighted by Gasteiger charge is -2.42. The first-order valence-electron chi connectivity index (χ1n) is 5.82. The fourth-order valence-corrected chi connectivity index (χ4v) is 1.78. The topological polar surface area (TPSA) is 38.3 Å². The molecule has 0 atom stereocenters. The van der Waals surface area contributed by atoms with Gasteiger partial charge in [0.05, 0.1) is 5.60 Å². The molecule has 0 unspecified atom stereocenters. The first-order chi connectivity index (χ1) is 6.87. The lowest BCUT2D eigenvalue weighted by Crippen LogP contribution is -2.54. The zero-order valence-electron chi connectivity index (χ0n) is 10.4. The molecule has 0 spiro atoms. The molecule has 1 aliphatic rings. The predicted molar refractivity (Wildman–Crippen MR) is 60.7 cm³/mol. The van der Waals surface area contributed by atoms with Gasteiger partial charge in [-0.05, 0) is 46.5 Å². The van der Waals surface area contributed by atoms with E-state index in [1.165, 1.54) is 6.42 Å². The highest BCUT2D eigenvalue weighted by molar-refractivity contribution is 5.78. The number of hydrogen-bond donors (Lipinski definition) is 1. The van der Waals surface area contributed by atoms with Crippen LogP contribution in [0.1, 0.15) is 53.4 Å². The Balaban J connectivity index is 2.29. The van der Waals surface area contributed by atoms with Gasteiger partial charge in [-0.3, -0.25) is 4.79 Å². The van der Waals surface area contributed by atoms with Gasteiger partial charge in [0.15, 0.2) is 0 Å². The van der Waals surface area contributed by atoms with E-state index in [1.54, 1.807) is 0 Å². The quantitative estimate of drug-likeness (QED) is 0.778. The summed E-state index contributed by atoms with van der Waals surface area (Å²) in [4.78, 5) is 11.6. The van der Waals surface area contributed by atoms with E-state index in [2.05, 4.69) is 12.2 Å². The fraction of sp³-hybridized carbons (Fsp3) is 0.917. The van der Waals surface area contributed by atoms with Gasteiger partial charge in [0.25, 0.3) is 0 Å². The Morgan fingerprint density at radius 2 is 2.00 bits per heavy atom. The van der Waals surface area contributed by atoms with Crippen molar-refractivity contribution in [2.45, 2.75) is 64.5 Å². The average molecular weight is 213 g/mol. The van der Waals surface area contributed by atoms with E-state index in [-0.39, 0.29) is 23.7 Å². The highest BCUT2D eigenvalue weighted by atomic mass is 16.5. The molecule has 0 aliphatic heterocycles. The maximum Gasteiger partial charge on any atom is 0.246 e. The van der Waals surface area contributed by atoms with E-state index in [0.29, 0.717) is 0 Å². The maximum atomic E-state index is 11.6. The van der Waals surface area contributed by atoms with Crippen LogP contribution in [0.2, 0.25) is 0 Å². The van der Waals surface area contributed by atoms with Crippen molar-refractivity contribution in [1.29, 1.82) is 0 Å². The van der Waals surface area contributed by atoms with Gasteiger partial charge in [0.1, 0.15) is 6.61 Å². The van der Waals surface area contributed by atoms with Crippen molar-refractivity contribution in [2.24, 2.45) is 0 Å². The van der Waals surface area contributed by atoms with Crippen LogP contribution in [0.3, 0.4) is 0 Å². The van der Waals surface area contributed by atoms with Crippen LogP contribution in [0.15, 0.2) is 0 Å². The molecule has 0 aromatic heterocycles. The highest BCUT2D eigenvalue weighted by Gasteiger charge is 2.36. The van der Waals surface area contributed by atoms with Crippen LogP contribution in [-0.4, -0.2) is 23.7 Å². The molecule has 3 nitrogen and oxygen atoms in total. The second kappa shape index (κ2) is 4.52. The fourth-order valence-electron chi connectivity index (χ4n) is 1.78. The van der Waals surface area contributed by atoms with Crippen molar-refractivity contribution in [1.82, 2.24) is 5.32 Å². The number of rotatable bonds is 4. The van der Waals surface area contributed by atoms with Crippen molar-refractivity contribution in [3.05, 3.63) is 0 Å². The summed E-state index contributed by atoms with van der Waals surface area (Å²) in [6, 6.07) is 0. The minimum absolute atomic E-state index is 0.0199. The summed E-state index contributed by atoms with van der Waals surface area (Å²) in [6.07, 6.45) is 4.48. The third kappa shape index (κ3) is 3.82. The molecule has 0 bridgehead atoms. The average Bonchev–Trinajstić information content (AvgIpc) is 2.07. The van der Waals surface area contributed by atoms with Gasteiger partial charge in [-0.2, -0.15) is 0 Å². The SMILES string of the molecule is CCC1(NC(=O)COC(C)(C)C)CCC1. The summed E-state index contributed by atoms with van der Waals surface area (Å²) >= 11 is 0. The minimum atomic E-state index is -0.240. The molecule has 1 aliphatic carbocycles. The van der Waals surface area contributed by atoms with E-state index in [1.807, 2.05) is 20.8 Å². The number of carbonyl (C=O) groups is 1. The Labute approximate surface area is 92.6 Å². The van der Waals surface area contributed by atoms with Crippen LogP contribution < -0.4 is 5.32 Å². The number of hydrogen-bond acceptors (Lipinski definition) is 2. The van der Waals surface area contributed by atoms with Crippen LogP contribution >= 0.6 is 0 Å². The predicted octanol–water partition coefficient (Wildman–Crippen LogP) is 2.25. The van der Waals surface area contributed by atoms with Gasteiger partial charge >= 0.3 is 0 Å². The Morgan fingerprint density at radius 1 is 1.40 bits per heavy atom. The second-order valence-electron chi connectivity index (χ2n) is 5.44. The summed E-state index contributed by atoms with van der Waals surface area (Å²) in [7, 11) is 0. The van der Waals surface area contributed by atoms with Crippen molar-refractivity contribution >= 4 is 5.91 Å². The molecule has 0 saturated heterocycles. The van der Waals surface area contributed by atoms with E-state index in [4.69, 9.17) is 4.74 Å². The normalized spacial score (nSPS) is 19.5. The summed E-state index contributed by atoms with van der Waals surface area (Å²) in [5.41, 5.74) is -0.158. The van der Waals surface area contributed by atoms with Crippen LogP contribution in [0, 0.1) is 0 Å². The third-order valence-electron chi connectivity index (χ3n) is 3.03. The number of nitrogens with one attached hydrogen (secondary N) is 1. The van der Waals surface area contributed by atoms with Gasteiger partial charge in [0.2, 0.25) is 5.91 Å². The molecule has 0 radical (unpaired) electrons. The zero-order chi connectivity index (χ0) is 11.5. The third-order valence-corrected chi connectivity index (χ3v) is 3.03. The van der Waals surface area contributed by atoms with Crippen LogP contribution in [0.25, 0.3) is 0 Å². The van der Waals surface area contributed by atoms with Crippen LogP contribution in [0.5, 0.6) is 0 Å². The van der Waals surface area contributed by atoms with E-state index < -0.39 is 0 Å². The molecular formula is C12H23NO2. The number of ether oxygens (including phenoxy) is 1. The van der Waals surface area contributed by atoms with Gasteiger partial charge < -0.3 is 10.1 Å². The second-order valence-corrected chi connectivity index (χ2v) is 5.44. The molecule has 0 aromatic carbocycles. The Morgan fingerprint density at radius 3 is 2.33 bits per heavy atom. The van der Waals surface area contributed by atoms with Gasteiger partial charge in [-0.25, -0.2) is 0 Å². The largest absolute Gasteiger partial charge is 0.366 e. The number of amides is 1. The van der Waals surface area contributed by atoms with Crippen molar-refractivity contribution in [3.63, 3.8) is 0 Å². The highest BCUT2D eigenvalue weighted by Crippen LogP contribution is 2.34. The molecule has 1 N–H and O–H groups in total. The molecule has 1 saturated carbocycles. The number of carbonyl (C=O) groups excluding carboxylic acids is 1. The van der Waals surface area contributed by atoms with E-state index in [9.17, 15) is 4.79 Å². The Hall–Kier alpha value is -0.570. The minimum Gasteiger partial charge on any atom is -0.366 e. The summed E-state index contributed by atoms with van der Waals surface area (Å²) in [6.45, 7) is 8.17. The lowest BCUT2D eigenvalue weighted by atomic mass is 9.75. The molecule has 0 heterocycles. The standard InChI is InChI=1S/C12H23NO2/c1-5-12(7-6-8-12)13-10(14)9-15-11(2,3)4/h5-9H2,1-4H3,(H,13,14). The summed E-state index contributed by atoms with van der Waals surface area (Å²) in [5.74, 6) is 0.0199. The maximum absolute atomic E-state index is 11.6. The molecule has 0 aromatic rings. The van der Waals surface area contributed by atoms with Gasteiger partial charge in [-0.1, -0.05) is 6.92 Å². The van der Waals surface area contributed by atoms with E-state index in [0.717, 1.165) is 19.3 Å². The van der Waals surface area contributed by atoms with Crippen molar-refractivity contribution in [2.75, 3.05) is 6.61 Å². The van der Waals surface area contributed by atoms with Crippen LogP contribution in [-0.2, 0) is 9.53 Å². The van der Waals surface area contributed by atoms with Crippen molar-refractivity contribution < 1.29 is 9.53 Å². The smallest absolute Gasteiger partial charge is 0.246 e. The molecule has 1 fully saturated rings. The molecular weight excluding hydrogens is 190 g/mol. The first-order valence-corrected chi connectivity index (χ1v) is 5.82. The van der Waals surface area contributed by atoms with Crippen molar-refractivity contribution in [3.8, 4) is 0 Å². The molecule has 3 heteroatoms.